The molecule has 0 aliphatic carbocycles. The summed E-state index contributed by atoms with van der Waals surface area (Å²) >= 11 is 6.54. The number of carbonyl (C=O) groups excluding carboxylic acids is 1. The number of benzene rings is 2. The fourth-order valence-corrected chi connectivity index (χ4v) is 4.83. The molecule has 1 saturated heterocycles. The third-order valence-corrected chi connectivity index (χ3v) is 6.25. The third-order valence-electron chi connectivity index (χ3n) is 5.96. The van der Waals surface area contributed by atoms with Crippen LogP contribution in [0.3, 0.4) is 0 Å². The van der Waals surface area contributed by atoms with Gasteiger partial charge >= 0.3 is 12.5 Å². The van der Waals surface area contributed by atoms with Crippen molar-refractivity contribution in [3.63, 3.8) is 0 Å². The first-order valence-electron chi connectivity index (χ1n) is 10.8. The van der Waals surface area contributed by atoms with Gasteiger partial charge in [-0.05, 0) is 61.1 Å². The quantitative estimate of drug-likeness (QED) is 0.588. The van der Waals surface area contributed by atoms with Gasteiger partial charge in [0.05, 0.1) is 10.7 Å². The summed E-state index contributed by atoms with van der Waals surface area (Å²) in [5.41, 5.74) is 3.03. The van der Waals surface area contributed by atoms with Crippen LogP contribution in [-0.2, 0) is 17.8 Å². The van der Waals surface area contributed by atoms with Crippen LogP contribution in [0.5, 0.6) is 5.75 Å². The molecule has 2 heterocycles. The van der Waals surface area contributed by atoms with Crippen molar-refractivity contribution in [1.82, 2.24) is 4.90 Å². The molecular weight excluding hydrogens is 475 g/mol. The number of carbonyl (C=O) groups is 2. The van der Waals surface area contributed by atoms with E-state index in [9.17, 15) is 27.9 Å². The molecule has 2 aromatic rings. The first kappa shape index (κ1) is 24.0. The Morgan fingerprint density at radius 3 is 2.56 bits per heavy atom. The molecule has 2 aromatic carbocycles. The zero-order valence-corrected chi connectivity index (χ0v) is 18.8. The van der Waals surface area contributed by atoms with Gasteiger partial charge in [0.1, 0.15) is 11.8 Å². The summed E-state index contributed by atoms with van der Waals surface area (Å²) < 4.78 is 41.0. The van der Waals surface area contributed by atoms with Gasteiger partial charge in [-0.15, -0.1) is 13.2 Å². The number of hydrogen-bond donors (Lipinski definition) is 2. The summed E-state index contributed by atoms with van der Waals surface area (Å²) in [6.45, 7) is 1.43. The number of amides is 2. The Hall–Kier alpha value is -3.14. The maximum absolute atomic E-state index is 12.8. The van der Waals surface area contributed by atoms with E-state index in [0.717, 1.165) is 29.7 Å². The molecule has 2 aliphatic rings. The number of ether oxygens (including phenoxy) is 1. The summed E-state index contributed by atoms with van der Waals surface area (Å²) in [6.07, 6.45) is -3.19. The molecule has 1 fully saturated rings. The number of rotatable bonds is 5. The topological polar surface area (TPSA) is 82.1 Å². The van der Waals surface area contributed by atoms with Crippen molar-refractivity contribution in [2.75, 3.05) is 23.3 Å². The van der Waals surface area contributed by atoms with Crippen LogP contribution in [0.15, 0.2) is 36.4 Å². The zero-order valence-electron chi connectivity index (χ0n) is 18.1. The molecule has 4 rings (SSSR count). The van der Waals surface area contributed by atoms with Gasteiger partial charge in [-0.1, -0.05) is 23.7 Å². The average Bonchev–Trinajstić information content (AvgIpc) is 3.17. The van der Waals surface area contributed by atoms with Crippen molar-refractivity contribution < 1.29 is 32.6 Å². The van der Waals surface area contributed by atoms with Gasteiger partial charge in [0.25, 0.3) is 0 Å². The molecule has 34 heavy (non-hydrogen) atoms. The van der Waals surface area contributed by atoms with Gasteiger partial charge in [0.15, 0.2) is 0 Å². The normalized spacial score (nSPS) is 17.9. The second-order valence-corrected chi connectivity index (χ2v) is 8.71. The second kappa shape index (κ2) is 9.61. The van der Waals surface area contributed by atoms with Crippen LogP contribution in [0, 0.1) is 0 Å². The van der Waals surface area contributed by atoms with E-state index in [-0.39, 0.29) is 11.7 Å². The van der Waals surface area contributed by atoms with Gasteiger partial charge in [0, 0.05) is 25.3 Å². The van der Waals surface area contributed by atoms with Gasteiger partial charge in [-0.25, -0.2) is 4.79 Å². The zero-order chi connectivity index (χ0) is 24.5. The van der Waals surface area contributed by atoms with Crippen molar-refractivity contribution in [2.45, 2.75) is 44.6 Å². The fraction of sp³-hybridized carbons (Fsp3) is 0.391. The number of carboxylic acid groups (broad SMARTS) is 1. The highest BCUT2D eigenvalue weighted by Gasteiger charge is 2.33. The van der Waals surface area contributed by atoms with Crippen LogP contribution in [-0.4, -0.2) is 47.5 Å². The monoisotopic (exact) mass is 497 g/mol. The number of anilines is 2. The smallest absolute Gasteiger partial charge is 0.465 e. The molecule has 2 aliphatic heterocycles. The summed E-state index contributed by atoms with van der Waals surface area (Å²) in [4.78, 5) is 27.4. The molecule has 2 amide bonds. The molecule has 0 spiro atoms. The minimum atomic E-state index is -4.74. The number of nitrogens with zero attached hydrogens (tertiary/aromatic N) is 2. The molecular formula is C23H23ClF3N3O4. The lowest BCUT2D eigenvalue weighted by Crippen LogP contribution is -2.49. The number of halogens is 4. The van der Waals surface area contributed by atoms with Gasteiger partial charge in [-0.3, -0.25) is 9.69 Å². The van der Waals surface area contributed by atoms with Crippen LogP contribution in [0.25, 0.3) is 0 Å². The van der Waals surface area contributed by atoms with Crippen molar-refractivity contribution in [3.8, 4) is 5.75 Å². The van der Waals surface area contributed by atoms with E-state index in [1.165, 1.54) is 17.0 Å². The summed E-state index contributed by atoms with van der Waals surface area (Å²) in [7, 11) is 0. The first-order valence-corrected chi connectivity index (χ1v) is 11.2. The molecule has 11 heteroatoms. The minimum absolute atomic E-state index is 0.282. The second-order valence-electron chi connectivity index (χ2n) is 8.31. The minimum Gasteiger partial charge on any atom is -0.465 e. The number of likely N-dealkylation sites (tertiary alicyclic amines) is 1. The van der Waals surface area contributed by atoms with Gasteiger partial charge in [-0.2, -0.15) is 0 Å². The lowest BCUT2D eigenvalue weighted by molar-refractivity contribution is -0.274. The van der Waals surface area contributed by atoms with Crippen LogP contribution in [0.4, 0.5) is 29.3 Å². The Kier molecular flexibility index (Phi) is 6.79. The van der Waals surface area contributed by atoms with Crippen LogP contribution in [0.2, 0.25) is 5.02 Å². The maximum Gasteiger partial charge on any atom is 0.573 e. The standard InChI is InChI=1S/C23H23ClF3N3O4/c24-18-12-16(28-21(31)19-3-1-2-9-30(19)22(32)33)11-15-8-10-29(20(15)18)13-14-4-6-17(7-5-14)34-23(25,26)27/h4-7,11-12,19H,1-3,8-10,13H2,(H,28,31)(H,32,33)/t19-/m1/s1. The Labute approximate surface area is 199 Å². The lowest BCUT2D eigenvalue weighted by Gasteiger charge is -2.32. The van der Waals surface area contributed by atoms with E-state index in [1.807, 2.05) is 11.0 Å². The molecule has 0 radical (unpaired) electrons. The SMILES string of the molecule is O=C(Nc1cc(Cl)c2c(c1)CCN2Cc1ccc(OC(F)(F)F)cc1)[C@H]1CCCCN1C(=O)O. The highest BCUT2D eigenvalue weighted by atomic mass is 35.5. The molecule has 1 atom stereocenters. The molecule has 182 valence electrons. The highest BCUT2D eigenvalue weighted by molar-refractivity contribution is 6.34. The Bertz CT molecular complexity index is 1080. The van der Waals surface area contributed by atoms with E-state index in [2.05, 4.69) is 10.1 Å². The van der Waals surface area contributed by atoms with E-state index in [0.29, 0.717) is 43.2 Å². The van der Waals surface area contributed by atoms with Gasteiger partial charge in [0.2, 0.25) is 5.91 Å². The third kappa shape index (κ3) is 5.49. The Morgan fingerprint density at radius 2 is 1.88 bits per heavy atom. The molecule has 7 nitrogen and oxygen atoms in total. The summed E-state index contributed by atoms with van der Waals surface area (Å²) in [5.74, 6) is -0.662. The Morgan fingerprint density at radius 1 is 1.15 bits per heavy atom. The maximum atomic E-state index is 12.8. The fourth-order valence-electron chi connectivity index (χ4n) is 4.47. The van der Waals surface area contributed by atoms with E-state index < -0.39 is 18.5 Å². The number of nitrogens with one attached hydrogen (secondary N) is 1. The van der Waals surface area contributed by atoms with Crippen molar-refractivity contribution >= 4 is 35.0 Å². The average molecular weight is 498 g/mol. The van der Waals surface area contributed by atoms with E-state index in [4.69, 9.17) is 11.6 Å². The van der Waals surface area contributed by atoms with Crippen molar-refractivity contribution in [1.29, 1.82) is 0 Å². The summed E-state index contributed by atoms with van der Waals surface area (Å²) in [6, 6.07) is 8.40. The summed E-state index contributed by atoms with van der Waals surface area (Å²) in [5, 5.41) is 12.6. The van der Waals surface area contributed by atoms with E-state index in [1.54, 1.807) is 18.2 Å². The Balaban J connectivity index is 1.44. The highest BCUT2D eigenvalue weighted by Crippen LogP contribution is 2.39. The predicted octanol–water partition coefficient (Wildman–Crippen LogP) is 5.27. The van der Waals surface area contributed by atoms with E-state index >= 15 is 0 Å². The number of alkyl halides is 3. The van der Waals surface area contributed by atoms with Gasteiger partial charge < -0.3 is 20.1 Å². The van der Waals surface area contributed by atoms with Crippen molar-refractivity contribution in [2.24, 2.45) is 0 Å². The van der Waals surface area contributed by atoms with Crippen LogP contribution < -0.4 is 15.0 Å². The predicted molar refractivity (Wildman–Crippen MR) is 120 cm³/mol. The molecule has 0 saturated carbocycles. The number of piperidine rings is 1. The largest absolute Gasteiger partial charge is 0.573 e. The number of fused-ring (bicyclic) bond motifs is 1. The van der Waals surface area contributed by atoms with Crippen LogP contribution in [0.1, 0.15) is 30.4 Å². The van der Waals surface area contributed by atoms with Crippen molar-refractivity contribution in [3.05, 3.63) is 52.5 Å². The molecule has 0 aromatic heterocycles. The lowest BCUT2D eigenvalue weighted by atomic mass is 10.0. The molecule has 2 N–H and O–H groups in total. The van der Waals surface area contributed by atoms with Crippen LogP contribution >= 0.6 is 11.6 Å². The first-order chi connectivity index (χ1) is 16.1. The molecule has 0 unspecified atom stereocenters. The number of hydrogen-bond acceptors (Lipinski definition) is 4. The molecule has 0 bridgehead atoms.